The fourth-order valence-corrected chi connectivity index (χ4v) is 5.80. The number of ether oxygens (including phenoxy) is 4. The van der Waals surface area contributed by atoms with Crippen LogP contribution in [0.15, 0.2) is 0 Å². The van der Waals surface area contributed by atoms with Crippen molar-refractivity contribution in [3.8, 4) is 0 Å². The van der Waals surface area contributed by atoms with E-state index >= 15 is 0 Å². The molecule has 0 saturated carbocycles. The molecule has 4 aliphatic rings. The summed E-state index contributed by atoms with van der Waals surface area (Å²) in [6.07, 6.45) is 6.00. The minimum atomic E-state index is -1.93. The van der Waals surface area contributed by atoms with Crippen LogP contribution in [0, 0.1) is 0 Å². The van der Waals surface area contributed by atoms with Crippen LogP contribution in [0.5, 0.6) is 0 Å². The Hall–Kier alpha value is -0.0231. The van der Waals surface area contributed by atoms with E-state index in [0.29, 0.717) is 6.42 Å². The molecule has 0 aromatic heterocycles. The van der Waals surface area contributed by atoms with Gasteiger partial charge in [-0.25, -0.2) is 0 Å². The number of rotatable bonds is 9. The topological polar surface area (TPSA) is 73.0 Å². The third-order valence-electron chi connectivity index (χ3n) is 7.56. The summed E-state index contributed by atoms with van der Waals surface area (Å²) in [4.78, 5) is 0. The first-order valence-electron chi connectivity index (χ1n) is 11.5. The molecule has 29 heavy (non-hydrogen) atoms. The second-order valence-electron chi connectivity index (χ2n) is 10.9. The summed E-state index contributed by atoms with van der Waals surface area (Å²) in [6, 6.07) is 0. The zero-order valence-corrected chi connectivity index (χ0v) is 19.8. The molecule has 168 valence electrons. The first kappa shape index (κ1) is 22.2. The zero-order valence-electron chi connectivity index (χ0n) is 18.8. The van der Waals surface area contributed by atoms with Gasteiger partial charge in [0.25, 0.3) is 0 Å². The van der Waals surface area contributed by atoms with E-state index in [1.54, 1.807) is 0 Å². The molecule has 1 N–H and O–H groups in total. The maximum atomic E-state index is 10.8. The quantitative estimate of drug-likeness (QED) is 0.448. The van der Waals surface area contributed by atoms with E-state index < -0.39 is 14.4 Å². The van der Waals surface area contributed by atoms with Crippen molar-refractivity contribution in [3.05, 3.63) is 0 Å². The molecule has 0 spiro atoms. The Morgan fingerprint density at radius 1 is 0.862 bits per heavy atom. The van der Waals surface area contributed by atoms with Crippen molar-refractivity contribution in [2.75, 3.05) is 13.2 Å². The first-order chi connectivity index (χ1) is 13.6. The van der Waals surface area contributed by atoms with E-state index in [1.807, 2.05) is 0 Å². The largest absolute Gasteiger partial charge is 0.411 e. The van der Waals surface area contributed by atoms with Crippen LogP contribution >= 0.6 is 0 Å². The van der Waals surface area contributed by atoms with Crippen molar-refractivity contribution < 1.29 is 28.5 Å². The summed E-state index contributed by atoms with van der Waals surface area (Å²) in [7, 11) is -1.93. The summed E-state index contributed by atoms with van der Waals surface area (Å²) in [5.41, 5.74) is 0. The Morgan fingerprint density at radius 3 is 1.90 bits per heavy atom. The molecule has 0 bridgehead atoms. The van der Waals surface area contributed by atoms with E-state index in [4.69, 9.17) is 23.4 Å². The van der Waals surface area contributed by atoms with Crippen molar-refractivity contribution in [2.45, 2.75) is 126 Å². The maximum Gasteiger partial charge on any atom is 0.192 e. The van der Waals surface area contributed by atoms with Crippen molar-refractivity contribution in [3.63, 3.8) is 0 Å². The molecule has 4 saturated heterocycles. The molecule has 0 aliphatic carbocycles. The molecular formula is C22H40O6Si. The molecule has 4 rings (SSSR count). The third-order valence-corrected chi connectivity index (χ3v) is 12.1. The molecule has 0 unspecified atom stereocenters. The van der Waals surface area contributed by atoms with Gasteiger partial charge in [-0.05, 0) is 56.7 Å². The van der Waals surface area contributed by atoms with E-state index in [2.05, 4.69) is 33.9 Å². The Kier molecular flexibility index (Phi) is 6.49. The van der Waals surface area contributed by atoms with Gasteiger partial charge in [0.2, 0.25) is 0 Å². The molecule has 7 heteroatoms. The van der Waals surface area contributed by atoms with Crippen LogP contribution < -0.4 is 0 Å². The molecule has 0 amide bonds. The molecule has 8 atom stereocenters. The fourth-order valence-electron chi connectivity index (χ4n) is 4.42. The first-order valence-corrected chi connectivity index (χ1v) is 14.4. The minimum Gasteiger partial charge on any atom is -0.411 e. The lowest BCUT2D eigenvalue weighted by atomic mass is 9.99. The van der Waals surface area contributed by atoms with E-state index in [9.17, 15) is 5.11 Å². The SMILES string of the molecule is CC(C)(C)[Si](C)(C)O[C@@H](CC[C@H](O)[C@@H]1CC[C@H]([C@@H]2CO2)O1)[C@@H]1CC[C@H]([C@H]2CO2)O1. The number of hydrogen-bond donors (Lipinski definition) is 1. The highest BCUT2D eigenvalue weighted by Gasteiger charge is 2.46. The Morgan fingerprint density at radius 2 is 1.38 bits per heavy atom. The van der Waals surface area contributed by atoms with Crippen molar-refractivity contribution in [1.29, 1.82) is 0 Å². The molecule has 4 fully saturated rings. The normalized spacial score (nSPS) is 39.5. The smallest absolute Gasteiger partial charge is 0.192 e. The molecule has 6 nitrogen and oxygen atoms in total. The summed E-state index contributed by atoms with van der Waals surface area (Å²) in [5.74, 6) is 0. The van der Waals surface area contributed by atoms with Crippen LogP contribution in [0.4, 0.5) is 0 Å². The maximum absolute atomic E-state index is 10.8. The van der Waals surface area contributed by atoms with Gasteiger partial charge in [0.05, 0.1) is 49.8 Å². The molecular weight excluding hydrogens is 388 g/mol. The average Bonchev–Trinajstić information content (AvgIpc) is 3.58. The van der Waals surface area contributed by atoms with E-state index in [-0.39, 0.29) is 47.8 Å². The van der Waals surface area contributed by atoms with Crippen LogP contribution in [0.25, 0.3) is 0 Å². The summed E-state index contributed by atoms with van der Waals surface area (Å²) in [6.45, 7) is 13.0. The van der Waals surface area contributed by atoms with Gasteiger partial charge < -0.3 is 28.5 Å². The Balaban J connectivity index is 1.34. The molecule has 4 heterocycles. The van der Waals surface area contributed by atoms with Gasteiger partial charge in [0.1, 0.15) is 12.2 Å². The van der Waals surface area contributed by atoms with Crippen molar-refractivity contribution >= 4 is 8.32 Å². The monoisotopic (exact) mass is 428 g/mol. The molecule has 0 aromatic carbocycles. The number of epoxide rings is 2. The van der Waals surface area contributed by atoms with Gasteiger partial charge in [-0.3, -0.25) is 0 Å². The van der Waals surface area contributed by atoms with E-state index in [1.165, 1.54) is 0 Å². The predicted molar refractivity (Wildman–Crippen MR) is 113 cm³/mol. The zero-order chi connectivity index (χ0) is 20.8. The summed E-state index contributed by atoms with van der Waals surface area (Å²) in [5, 5.41) is 10.9. The van der Waals surface area contributed by atoms with Gasteiger partial charge in [-0.2, -0.15) is 0 Å². The third kappa shape index (κ3) is 5.43. The van der Waals surface area contributed by atoms with E-state index in [0.717, 1.165) is 45.3 Å². The highest BCUT2D eigenvalue weighted by atomic mass is 28.4. The second kappa shape index (κ2) is 8.49. The molecule has 4 aliphatic heterocycles. The minimum absolute atomic E-state index is 0.0262. The van der Waals surface area contributed by atoms with Crippen LogP contribution in [-0.2, 0) is 23.4 Å². The van der Waals surface area contributed by atoms with Crippen LogP contribution in [0.2, 0.25) is 18.1 Å². The fraction of sp³-hybridized carbons (Fsp3) is 1.00. The molecule has 0 aromatic rings. The summed E-state index contributed by atoms with van der Waals surface area (Å²) >= 11 is 0. The predicted octanol–water partition coefficient (Wildman–Crippen LogP) is 3.41. The standard InChI is InChI=1S/C22H40O6Si/c1-22(2,3)29(4,5)28-19(16-10-11-18(27-16)21-13-25-21)7-6-14(23)15-8-9-17(26-15)20-12-24-20/h14-21,23H,6-13H2,1-5H3/t14-,15-,16-,17+,18+,19-,20-,21+/m0/s1. The van der Waals surface area contributed by atoms with Gasteiger partial charge in [-0.15, -0.1) is 0 Å². The average molecular weight is 429 g/mol. The van der Waals surface area contributed by atoms with Gasteiger partial charge in [-0.1, -0.05) is 20.8 Å². The lowest BCUT2D eigenvalue weighted by Gasteiger charge is -2.41. The lowest BCUT2D eigenvalue weighted by molar-refractivity contribution is -0.0619. The highest BCUT2D eigenvalue weighted by Crippen LogP contribution is 2.41. The van der Waals surface area contributed by atoms with Crippen LogP contribution in [0.1, 0.15) is 59.3 Å². The Labute approximate surface area is 176 Å². The van der Waals surface area contributed by atoms with Gasteiger partial charge in [0.15, 0.2) is 8.32 Å². The highest BCUT2D eigenvalue weighted by molar-refractivity contribution is 6.74. The second-order valence-corrected chi connectivity index (χ2v) is 15.6. The van der Waals surface area contributed by atoms with Gasteiger partial charge in [0, 0.05) is 0 Å². The Bertz CT molecular complexity index is 556. The van der Waals surface area contributed by atoms with Crippen molar-refractivity contribution in [1.82, 2.24) is 0 Å². The summed E-state index contributed by atoms with van der Waals surface area (Å²) < 4.78 is 30.1. The molecule has 0 radical (unpaired) electrons. The number of hydrogen-bond acceptors (Lipinski definition) is 6. The number of aliphatic hydroxyl groups is 1. The van der Waals surface area contributed by atoms with Crippen LogP contribution in [0.3, 0.4) is 0 Å². The van der Waals surface area contributed by atoms with Gasteiger partial charge >= 0.3 is 0 Å². The van der Waals surface area contributed by atoms with Crippen LogP contribution in [-0.4, -0.2) is 75.5 Å². The van der Waals surface area contributed by atoms with Crippen molar-refractivity contribution in [2.24, 2.45) is 0 Å². The lowest BCUT2D eigenvalue weighted by Crippen LogP contribution is -2.47. The number of aliphatic hydroxyl groups excluding tert-OH is 1.